The van der Waals surface area contributed by atoms with Gasteiger partial charge in [-0.3, -0.25) is 14.9 Å². The summed E-state index contributed by atoms with van der Waals surface area (Å²) in [5.41, 5.74) is 2.58. The van der Waals surface area contributed by atoms with Gasteiger partial charge in [-0.2, -0.15) is 0 Å². The molecular weight excluding hydrogens is 394 g/mol. The fourth-order valence-corrected chi connectivity index (χ4v) is 4.09. The predicted octanol–water partition coefficient (Wildman–Crippen LogP) is 4.59. The number of non-ortho nitro benzene ring substituents is 1. The van der Waals surface area contributed by atoms with Gasteiger partial charge in [-0.1, -0.05) is 30.3 Å². The minimum Gasteiger partial charge on any atom is -0.497 e. The Morgan fingerprint density at radius 3 is 2.19 bits per heavy atom. The van der Waals surface area contributed by atoms with E-state index < -0.39 is 4.92 Å². The van der Waals surface area contributed by atoms with E-state index in [1.807, 2.05) is 61.5 Å². The van der Waals surface area contributed by atoms with Crippen molar-refractivity contribution in [2.45, 2.75) is 19.0 Å². The molecule has 0 unspecified atom stereocenters. The van der Waals surface area contributed by atoms with E-state index in [0.717, 1.165) is 17.0 Å². The fourth-order valence-electron chi connectivity index (χ4n) is 4.09. The largest absolute Gasteiger partial charge is 0.497 e. The van der Waals surface area contributed by atoms with E-state index in [9.17, 15) is 14.9 Å². The van der Waals surface area contributed by atoms with Crippen molar-refractivity contribution in [3.8, 4) is 5.75 Å². The third-order valence-corrected chi connectivity index (χ3v) is 5.63. The van der Waals surface area contributed by atoms with E-state index in [1.165, 1.54) is 12.1 Å². The van der Waals surface area contributed by atoms with Crippen LogP contribution in [0.3, 0.4) is 0 Å². The van der Waals surface area contributed by atoms with Crippen molar-refractivity contribution in [1.82, 2.24) is 0 Å². The van der Waals surface area contributed by atoms with Crippen LogP contribution in [-0.2, 0) is 4.79 Å². The highest BCUT2D eigenvalue weighted by molar-refractivity contribution is 6.07. The van der Waals surface area contributed by atoms with Gasteiger partial charge in [-0.25, -0.2) is 0 Å². The summed E-state index contributed by atoms with van der Waals surface area (Å²) in [7, 11) is 1.61. The normalized spacial score (nSPS) is 17.7. The van der Waals surface area contributed by atoms with Crippen molar-refractivity contribution in [2.24, 2.45) is 0 Å². The molecule has 7 heteroatoms. The molecule has 1 saturated heterocycles. The number of β-lactam (4-membered cyclic amide) rings is 1. The van der Waals surface area contributed by atoms with E-state index in [-0.39, 0.29) is 23.7 Å². The van der Waals surface area contributed by atoms with Crippen LogP contribution in [0, 0.1) is 10.1 Å². The van der Waals surface area contributed by atoms with E-state index in [2.05, 4.69) is 4.90 Å². The Bertz CT molecular complexity index is 1070. The Morgan fingerprint density at radius 2 is 1.65 bits per heavy atom. The van der Waals surface area contributed by atoms with Crippen LogP contribution < -0.4 is 14.5 Å². The standard InChI is InChI=1S/C24H23N3O4/c1-3-25(18-7-5-4-6-8-18)23-22(17-9-15-21(31-2)16-10-17)26(24(23)28)19-11-13-20(14-12-19)27(29)30/h4-16,22-23H,3H2,1-2H3/t22-,23+/m1/s1. The van der Waals surface area contributed by atoms with Gasteiger partial charge in [0.15, 0.2) is 0 Å². The maximum absolute atomic E-state index is 13.4. The number of ether oxygens (including phenoxy) is 1. The van der Waals surface area contributed by atoms with Gasteiger partial charge in [0.25, 0.3) is 11.6 Å². The second-order valence-electron chi connectivity index (χ2n) is 7.27. The summed E-state index contributed by atoms with van der Waals surface area (Å²) in [5.74, 6) is 0.698. The molecule has 2 atom stereocenters. The van der Waals surface area contributed by atoms with Crippen LogP contribution in [0.4, 0.5) is 17.1 Å². The number of methoxy groups -OCH3 is 1. The van der Waals surface area contributed by atoms with Crippen molar-refractivity contribution < 1.29 is 14.5 Å². The first-order chi connectivity index (χ1) is 15.0. The zero-order valence-electron chi connectivity index (χ0n) is 17.3. The maximum Gasteiger partial charge on any atom is 0.269 e. The minimum atomic E-state index is -0.445. The summed E-state index contributed by atoms with van der Waals surface area (Å²) >= 11 is 0. The zero-order chi connectivity index (χ0) is 22.0. The first kappa shape index (κ1) is 20.4. The van der Waals surface area contributed by atoms with Crippen LogP contribution in [0.5, 0.6) is 5.75 Å². The lowest BCUT2D eigenvalue weighted by Crippen LogP contribution is -2.66. The number of benzene rings is 3. The molecule has 4 rings (SSSR count). The molecule has 3 aromatic rings. The molecule has 1 amide bonds. The number of nitro benzene ring substituents is 1. The smallest absolute Gasteiger partial charge is 0.269 e. The molecule has 0 N–H and O–H groups in total. The Hall–Kier alpha value is -3.87. The third kappa shape index (κ3) is 3.70. The van der Waals surface area contributed by atoms with Crippen molar-refractivity contribution in [1.29, 1.82) is 0 Å². The molecule has 1 fully saturated rings. The van der Waals surface area contributed by atoms with Crippen LogP contribution >= 0.6 is 0 Å². The lowest BCUT2D eigenvalue weighted by molar-refractivity contribution is -0.384. The second-order valence-corrected chi connectivity index (χ2v) is 7.27. The zero-order valence-corrected chi connectivity index (χ0v) is 17.3. The number of carbonyl (C=O) groups is 1. The number of amides is 1. The van der Waals surface area contributed by atoms with Gasteiger partial charge in [-0.05, 0) is 48.9 Å². The van der Waals surface area contributed by atoms with Crippen LogP contribution in [0.25, 0.3) is 0 Å². The van der Waals surface area contributed by atoms with E-state index >= 15 is 0 Å². The van der Waals surface area contributed by atoms with Gasteiger partial charge >= 0.3 is 0 Å². The van der Waals surface area contributed by atoms with Crippen molar-refractivity contribution in [3.05, 3.63) is 94.5 Å². The molecule has 0 saturated carbocycles. The number of likely N-dealkylation sites (N-methyl/N-ethyl adjacent to an activating group) is 1. The number of carbonyl (C=O) groups excluding carboxylic acids is 1. The van der Waals surface area contributed by atoms with Crippen molar-refractivity contribution in [2.75, 3.05) is 23.5 Å². The minimum absolute atomic E-state index is 0.00580. The van der Waals surface area contributed by atoms with Crippen LogP contribution in [0.2, 0.25) is 0 Å². The number of para-hydroxylation sites is 1. The molecule has 3 aromatic carbocycles. The molecule has 0 radical (unpaired) electrons. The number of hydrogen-bond donors (Lipinski definition) is 0. The molecule has 0 aromatic heterocycles. The topological polar surface area (TPSA) is 75.9 Å². The molecule has 1 heterocycles. The SMILES string of the molecule is CCN(c1ccccc1)[C@@H]1C(=O)N(c2ccc([N+](=O)[O-])cc2)[C@@H]1c1ccc(OC)cc1. The first-order valence-corrected chi connectivity index (χ1v) is 10.1. The van der Waals surface area contributed by atoms with E-state index in [1.54, 1.807) is 24.1 Å². The second kappa shape index (κ2) is 8.47. The predicted molar refractivity (Wildman–Crippen MR) is 120 cm³/mol. The number of nitrogens with zero attached hydrogens (tertiary/aromatic N) is 3. The van der Waals surface area contributed by atoms with Crippen LogP contribution in [-0.4, -0.2) is 30.5 Å². The number of anilines is 2. The Labute approximate surface area is 180 Å². The third-order valence-electron chi connectivity index (χ3n) is 5.63. The summed E-state index contributed by atoms with van der Waals surface area (Å²) in [6.07, 6.45) is 0. The van der Waals surface area contributed by atoms with Crippen LogP contribution in [0.15, 0.2) is 78.9 Å². The molecule has 158 valence electrons. The number of hydrogen-bond acceptors (Lipinski definition) is 5. The molecule has 7 nitrogen and oxygen atoms in total. The van der Waals surface area contributed by atoms with Gasteiger partial charge in [0.2, 0.25) is 0 Å². The summed E-state index contributed by atoms with van der Waals surface area (Å²) in [6, 6.07) is 23.0. The molecule has 0 aliphatic carbocycles. The highest BCUT2D eigenvalue weighted by atomic mass is 16.6. The first-order valence-electron chi connectivity index (χ1n) is 10.1. The molecule has 0 bridgehead atoms. The van der Waals surface area contributed by atoms with Gasteiger partial charge in [0, 0.05) is 30.1 Å². The van der Waals surface area contributed by atoms with E-state index in [4.69, 9.17) is 4.74 Å². The summed E-state index contributed by atoms with van der Waals surface area (Å²) in [6.45, 7) is 2.70. The van der Waals surface area contributed by atoms with Gasteiger partial charge in [0.05, 0.1) is 18.1 Å². The maximum atomic E-state index is 13.4. The lowest BCUT2D eigenvalue weighted by Gasteiger charge is -2.52. The van der Waals surface area contributed by atoms with Gasteiger partial charge in [0.1, 0.15) is 11.8 Å². The molecule has 0 spiro atoms. The monoisotopic (exact) mass is 417 g/mol. The Balaban J connectivity index is 1.74. The lowest BCUT2D eigenvalue weighted by atomic mass is 9.86. The summed E-state index contributed by atoms with van der Waals surface area (Å²) < 4.78 is 5.28. The van der Waals surface area contributed by atoms with Crippen LogP contribution in [0.1, 0.15) is 18.5 Å². The van der Waals surface area contributed by atoms with Crippen molar-refractivity contribution >= 4 is 23.0 Å². The number of nitro groups is 1. The van der Waals surface area contributed by atoms with Gasteiger partial charge < -0.3 is 14.5 Å². The summed E-state index contributed by atoms with van der Waals surface area (Å²) in [4.78, 5) is 27.8. The van der Waals surface area contributed by atoms with E-state index in [0.29, 0.717) is 12.2 Å². The summed E-state index contributed by atoms with van der Waals surface area (Å²) in [5, 5.41) is 11.0. The highest BCUT2D eigenvalue weighted by Gasteiger charge is 2.51. The van der Waals surface area contributed by atoms with Crippen molar-refractivity contribution in [3.63, 3.8) is 0 Å². The average molecular weight is 417 g/mol. The molecular formula is C24H23N3O4. The molecule has 1 aliphatic heterocycles. The Morgan fingerprint density at radius 1 is 1.00 bits per heavy atom. The highest BCUT2D eigenvalue weighted by Crippen LogP contribution is 2.43. The average Bonchev–Trinajstić information content (AvgIpc) is 2.81. The molecule has 1 aliphatic rings. The fraction of sp³-hybridized carbons (Fsp3) is 0.208. The quantitative estimate of drug-likeness (QED) is 0.319. The number of rotatable bonds is 7. The Kier molecular flexibility index (Phi) is 5.58. The molecule has 31 heavy (non-hydrogen) atoms. The van der Waals surface area contributed by atoms with Gasteiger partial charge in [-0.15, -0.1) is 0 Å².